The number of aromatic nitrogens is 2. The Morgan fingerprint density at radius 2 is 2.10 bits per heavy atom. The molecule has 108 valence electrons. The first-order chi connectivity index (χ1) is 9.74. The van der Waals surface area contributed by atoms with Crippen molar-refractivity contribution in [3.8, 4) is 11.5 Å². The molecule has 1 unspecified atom stereocenters. The molecule has 2 aromatic rings. The van der Waals surface area contributed by atoms with E-state index in [0.29, 0.717) is 24.9 Å². The summed E-state index contributed by atoms with van der Waals surface area (Å²) >= 11 is 0. The summed E-state index contributed by atoms with van der Waals surface area (Å²) in [4.78, 5) is 4.33. The molecule has 0 aliphatic rings. The van der Waals surface area contributed by atoms with Gasteiger partial charge in [-0.2, -0.15) is 4.98 Å². The average molecular weight is 277 g/mol. The zero-order valence-corrected chi connectivity index (χ0v) is 11.7. The number of ether oxygens (including phenoxy) is 1. The number of nitrogens with zero attached hydrogens (tertiary/aromatic N) is 2. The van der Waals surface area contributed by atoms with Crippen LogP contribution in [0.15, 0.2) is 28.8 Å². The summed E-state index contributed by atoms with van der Waals surface area (Å²) < 4.78 is 10.7. The van der Waals surface area contributed by atoms with Gasteiger partial charge in [-0.25, -0.2) is 0 Å². The van der Waals surface area contributed by atoms with Crippen LogP contribution in [-0.2, 0) is 4.74 Å². The van der Waals surface area contributed by atoms with E-state index in [1.54, 1.807) is 0 Å². The van der Waals surface area contributed by atoms with Crippen molar-refractivity contribution in [1.29, 1.82) is 0 Å². The minimum Gasteiger partial charge on any atom is -0.395 e. The van der Waals surface area contributed by atoms with Crippen LogP contribution in [0.25, 0.3) is 11.5 Å². The van der Waals surface area contributed by atoms with Crippen LogP contribution in [0.4, 0.5) is 5.69 Å². The van der Waals surface area contributed by atoms with Gasteiger partial charge in [-0.1, -0.05) is 5.16 Å². The third-order valence-electron chi connectivity index (χ3n) is 2.79. The molecule has 1 aromatic heterocycles. The lowest BCUT2D eigenvalue weighted by molar-refractivity contribution is 0.0683. The normalized spacial score (nSPS) is 12.3. The summed E-state index contributed by atoms with van der Waals surface area (Å²) in [6, 6.07) is 7.59. The summed E-state index contributed by atoms with van der Waals surface area (Å²) in [6.07, 6.45) is -0.178. The van der Waals surface area contributed by atoms with Crippen LogP contribution in [-0.4, -0.2) is 35.0 Å². The van der Waals surface area contributed by atoms with Crippen molar-refractivity contribution in [1.82, 2.24) is 10.1 Å². The van der Waals surface area contributed by atoms with Gasteiger partial charge in [-0.05, 0) is 38.1 Å². The van der Waals surface area contributed by atoms with Crippen LogP contribution >= 0.6 is 0 Å². The molecule has 0 spiro atoms. The second-order valence-corrected chi connectivity index (χ2v) is 4.28. The molecular weight excluding hydrogens is 258 g/mol. The number of anilines is 1. The highest BCUT2D eigenvalue weighted by molar-refractivity contribution is 5.58. The Kier molecular flexibility index (Phi) is 5.09. The molecule has 2 N–H and O–H groups in total. The van der Waals surface area contributed by atoms with E-state index in [0.717, 1.165) is 11.3 Å². The second-order valence-electron chi connectivity index (χ2n) is 4.28. The molecule has 0 amide bonds. The van der Waals surface area contributed by atoms with Gasteiger partial charge in [0.15, 0.2) is 0 Å². The first kappa shape index (κ1) is 14.5. The maximum atomic E-state index is 8.75. The molecule has 0 saturated carbocycles. The van der Waals surface area contributed by atoms with Gasteiger partial charge in [0.1, 0.15) is 6.10 Å². The Morgan fingerprint density at radius 1 is 1.35 bits per heavy atom. The average Bonchev–Trinajstić information content (AvgIpc) is 2.96. The molecule has 2 rings (SSSR count). The quantitative estimate of drug-likeness (QED) is 0.808. The van der Waals surface area contributed by atoms with E-state index in [1.807, 2.05) is 38.1 Å². The lowest BCUT2D eigenvalue weighted by Crippen LogP contribution is -2.04. The molecule has 0 saturated heterocycles. The lowest BCUT2D eigenvalue weighted by Gasteiger charge is -2.05. The molecule has 20 heavy (non-hydrogen) atoms. The van der Waals surface area contributed by atoms with Crippen LogP contribution in [0.2, 0.25) is 0 Å². The Bertz CT molecular complexity index is 525. The SMILES string of the molecule is CCOC(C)c1noc(-c2ccc(NCCO)cc2)n1. The first-order valence-electron chi connectivity index (χ1n) is 6.65. The number of rotatable bonds is 7. The van der Waals surface area contributed by atoms with Crippen molar-refractivity contribution in [2.45, 2.75) is 20.0 Å². The van der Waals surface area contributed by atoms with Gasteiger partial charge in [0.2, 0.25) is 5.82 Å². The van der Waals surface area contributed by atoms with Crippen LogP contribution in [0.5, 0.6) is 0 Å². The monoisotopic (exact) mass is 277 g/mol. The van der Waals surface area contributed by atoms with Crippen molar-refractivity contribution in [3.63, 3.8) is 0 Å². The van der Waals surface area contributed by atoms with Gasteiger partial charge in [0.25, 0.3) is 5.89 Å². The zero-order chi connectivity index (χ0) is 14.4. The highest BCUT2D eigenvalue weighted by Gasteiger charge is 2.14. The fourth-order valence-electron chi connectivity index (χ4n) is 1.77. The Labute approximate surface area is 117 Å². The van der Waals surface area contributed by atoms with Gasteiger partial charge in [-0.15, -0.1) is 0 Å². The summed E-state index contributed by atoms with van der Waals surface area (Å²) in [5, 5.41) is 15.8. The van der Waals surface area contributed by atoms with Crippen LogP contribution in [0.3, 0.4) is 0 Å². The van der Waals surface area contributed by atoms with Gasteiger partial charge in [0.05, 0.1) is 6.61 Å². The molecule has 6 heteroatoms. The minimum atomic E-state index is -0.178. The van der Waals surface area contributed by atoms with E-state index in [-0.39, 0.29) is 12.7 Å². The Morgan fingerprint density at radius 3 is 2.75 bits per heavy atom. The maximum absolute atomic E-state index is 8.75. The Balaban J connectivity index is 2.07. The number of benzene rings is 1. The van der Waals surface area contributed by atoms with E-state index in [9.17, 15) is 0 Å². The molecule has 0 aliphatic heterocycles. The predicted octanol–water partition coefficient (Wildman–Crippen LogP) is 2.24. The van der Waals surface area contributed by atoms with Crippen LogP contribution in [0.1, 0.15) is 25.8 Å². The van der Waals surface area contributed by atoms with Crippen molar-refractivity contribution in [2.24, 2.45) is 0 Å². The predicted molar refractivity (Wildman–Crippen MR) is 75.4 cm³/mol. The maximum Gasteiger partial charge on any atom is 0.258 e. The number of aliphatic hydroxyl groups is 1. The number of hydrogen-bond acceptors (Lipinski definition) is 6. The van der Waals surface area contributed by atoms with Crippen molar-refractivity contribution in [2.75, 3.05) is 25.1 Å². The van der Waals surface area contributed by atoms with E-state index in [2.05, 4.69) is 15.5 Å². The van der Waals surface area contributed by atoms with Gasteiger partial charge in [-0.3, -0.25) is 0 Å². The van der Waals surface area contributed by atoms with E-state index in [4.69, 9.17) is 14.4 Å². The molecular formula is C14H19N3O3. The summed E-state index contributed by atoms with van der Waals surface area (Å²) in [6.45, 7) is 5.05. The molecule has 0 bridgehead atoms. The standard InChI is InChI=1S/C14H19N3O3/c1-3-19-10(2)13-16-14(20-17-13)11-4-6-12(7-5-11)15-8-9-18/h4-7,10,15,18H,3,8-9H2,1-2H3. The second kappa shape index (κ2) is 7.02. The minimum absolute atomic E-state index is 0.101. The third kappa shape index (κ3) is 3.55. The third-order valence-corrected chi connectivity index (χ3v) is 2.79. The zero-order valence-electron chi connectivity index (χ0n) is 11.7. The van der Waals surface area contributed by atoms with E-state index < -0.39 is 0 Å². The fraction of sp³-hybridized carbons (Fsp3) is 0.429. The highest BCUT2D eigenvalue weighted by Crippen LogP contribution is 2.22. The molecule has 1 aromatic carbocycles. The van der Waals surface area contributed by atoms with Gasteiger partial charge < -0.3 is 19.7 Å². The lowest BCUT2D eigenvalue weighted by atomic mass is 10.2. The topological polar surface area (TPSA) is 80.4 Å². The van der Waals surface area contributed by atoms with Crippen molar-refractivity contribution in [3.05, 3.63) is 30.1 Å². The number of hydrogen-bond donors (Lipinski definition) is 2. The number of aliphatic hydroxyl groups excluding tert-OH is 1. The molecule has 0 fully saturated rings. The van der Waals surface area contributed by atoms with Crippen molar-refractivity contribution >= 4 is 5.69 Å². The molecule has 0 radical (unpaired) electrons. The molecule has 0 aliphatic carbocycles. The van der Waals surface area contributed by atoms with Crippen molar-refractivity contribution < 1.29 is 14.4 Å². The smallest absolute Gasteiger partial charge is 0.258 e. The van der Waals surface area contributed by atoms with E-state index >= 15 is 0 Å². The largest absolute Gasteiger partial charge is 0.395 e. The molecule has 1 heterocycles. The fourth-order valence-corrected chi connectivity index (χ4v) is 1.77. The summed E-state index contributed by atoms with van der Waals surface area (Å²) in [5.41, 5.74) is 1.78. The molecule has 6 nitrogen and oxygen atoms in total. The van der Waals surface area contributed by atoms with Crippen LogP contribution in [0, 0.1) is 0 Å². The van der Waals surface area contributed by atoms with Gasteiger partial charge >= 0.3 is 0 Å². The van der Waals surface area contributed by atoms with E-state index in [1.165, 1.54) is 0 Å². The highest BCUT2D eigenvalue weighted by atomic mass is 16.5. The van der Waals surface area contributed by atoms with Crippen LogP contribution < -0.4 is 5.32 Å². The first-order valence-corrected chi connectivity index (χ1v) is 6.65. The molecule has 1 atom stereocenters. The summed E-state index contributed by atoms with van der Waals surface area (Å²) in [7, 11) is 0. The summed E-state index contributed by atoms with van der Waals surface area (Å²) in [5.74, 6) is 1.02. The Hall–Kier alpha value is -1.92. The van der Waals surface area contributed by atoms with Gasteiger partial charge in [0, 0.05) is 24.4 Å². The number of nitrogens with one attached hydrogen (secondary N) is 1.